The molecule has 1 aromatic rings. The number of allylic oxidation sites excluding steroid dienone is 2. The van der Waals surface area contributed by atoms with Crippen LogP contribution in [-0.2, 0) is 9.59 Å². The van der Waals surface area contributed by atoms with Crippen molar-refractivity contribution in [3.05, 3.63) is 44.9 Å². The lowest BCUT2D eigenvalue weighted by Gasteiger charge is -2.37. The SMILES string of the molecule is O=C1[C@@H]2[C@H]3C=C[C@@H]([C@@H]4C[C@@H]34)[C@@H]2C(=O)N1c1ccc(Br)cc1[N+](=O)[O-]. The number of nitrogens with zero attached hydrogens (tertiary/aromatic N) is 2. The number of anilines is 1. The second-order valence-corrected chi connectivity index (χ2v) is 7.97. The fourth-order valence-electron chi connectivity index (χ4n) is 5.03. The van der Waals surface area contributed by atoms with Crippen molar-refractivity contribution < 1.29 is 14.5 Å². The Labute approximate surface area is 145 Å². The van der Waals surface area contributed by atoms with Crippen LogP contribution < -0.4 is 4.90 Å². The van der Waals surface area contributed by atoms with E-state index in [2.05, 4.69) is 28.1 Å². The maximum Gasteiger partial charge on any atom is 0.294 e. The van der Waals surface area contributed by atoms with Gasteiger partial charge in [-0.3, -0.25) is 19.7 Å². The molecule has 0 N–H and O–H groups in total. The first-order valence-electron chi connectivity index (χ1n) is 7.99. The van der Waals surface area contributed by atoms with Crippen LogP contribution >= 0.6 is 15.9 Å². The van der Waals surface area contributed by atoms with E-state index in [1.165, 1.54) is 12.1 Å². The van der Waals surface area contributed by atoms with Crippen molar-refractivity contribution in [1.29, 1.82) is 0 Å². The molecule has 2 saturated carbocycles. The minimum atomic E-state index is -0.549. The molecule has 7 heteroatoms. The smallest absolute Gasteiger partial charge is 0.274 e. The molecule has 6 atom stereocenters. The van der Waals surface area contributed by atoms with Gasteiger partial charge in [0.25, 0.3) is 5.69 Å². The molecule has 0 radical (unpaired) electrons. The molecule has 4 aliphatic carbocycles. The molecule has 1 aliphatic heterocycles. The Balaban J connectivity index is 1.61. The lowest BCUT2D eigenvalue weighted by molar-refractivity contribution is -0.384. The molecule has 0 unspecified atom stereocenters. The van der Waals surface area contributed by atoms with Crippen LogP contribution in [0.15, 0.2) is 34.8 Å². The summed E-state index contributed by atoms with van der Waals surface area (Å²) in [6.45, 7) is 0. The summed E-state index contributed by atoms with van der Waals surface area (Å²) >= 11 is 3.20. The maximum absolute atomic E-state index is 13.0. The zero-order valence-corrected chi connectivity index (χ0v) is 14.0. The van der Waals surface area contributed by atoms with Crippen molar-refractivity contribution in [1.82, 2.24) is 0 Å². The van der Waals surface area contributed by atoms with Crippen LogP contribution in [0.1, 0.15) is 6.42 Å². The Morgan fingerprint density at radius 3 is 2.21 bits per heavy atom. The number of imide groups is 1. The van der Waals surface area contributed by atoms with Gasteiger partial charge < -0.3 is 0 Å². The molecule has 1 saturated heterocycles. The third kappa shape index (κ3) is 1.65. The van der Waals surface area contributed by atoms with E-state index in [-0.39, 0.29) is 46.9 Å². The lowest BCUT2D eigenvalue weighted by atomic mass is 9.63. The highest BCUT2D eigenvalue weighted by Gasteiger charge is 2.67. The molecule has 2 bridgehead atoms. The predicted octanol–water partition coefficient (Wildman–Crippen LogP) is 2.91. The quantitative estimate of drug-likeness (QED) is 0.337. The Bertz CT molecular complexity index is 815. The lowest BCUT2D eigenvalue weighted by Crippen LogP contribution is -2.40. The van der Waals surface area contributed by atoms with Crippen LogP contribution in [0.3, 0.4) is 0 Å². The van der Waals surface area contributed by atoms with Gasteiger partial charge in [-0.1, -0.05) is 28.1 Å². The van der Waals surface area contributed by atoms with Gasteiger partial charge in [-0.25, -0.2) is 4.90 Å². The van der Waals surface area contributed by atoms with Gasteiger partial charge in [0.15, 0.2) is 0 Å². The molecule has 5 aliphatic rings. The van der Waals surface area contributed by atoms with Gasteiger partial charge in [-0.15, -0.1) is 0 Å². The van der Waals surface area contributed by atoms with E-state index in [9.17, 15) is 19.7 Å². The number of nitro benzene ring substituents is 1. The molecule has 3 fully saturated rings. The normalized spacial score (nSPS) is 38.3. The second kappa shape index (κ2) is 4.53. The van der Waals surface area contributed by atoms with Crippen molar-refractivity contribution in [3.63, 3.8) is 0 Å². The number of amides is 2. The summed E-state index contributed by atoms with van der Waals surface area (Å²) in [6.07, 6.45) is 5.27. The van der Waals surface area contributed by atoms with Crippen molar-refractivity contribution in [2.75, 3.05) is 4.90 Å². The van der Waals surface area contributed by atoms with Gasteiger partial charge in [0.05, 0.1) is 16.8 Å². The van der Waals surface area contributed by atoms with E-state index in [0.29, 0.717) is 16.3 Å². The van der Waals surface area contributed by atoms with Gasteiger partial charge in [-0.2, -0.15) is 0 Å². The molecule has 0 spiro atoms. The van der Waals surface area contributed by atoms with Crippen LogP contribution in [0.5, 0.6) is 0 Å². The van der Waals surface area contributed by atoms with Crippen LogP contribution in [0.2, 0.25) is 0 Å². The van der Waals surface area contributed by atoms with Crippen molar-refractivity contribution in [3.8, 4) is 0 Å². The van der Waals surface area contributed by atoms with Gasteiger partial charge >= 0.3 is 0 Å². The third-order valence-electron chi connectivity index (χ3n) is 6.04. The molecule has 6 rings (SSSR count). The highest BCUT2D eigenvalue weighted by molar-refractivity contribution is 9.10. The van der Waals surface area contributed by atoms with Crippen molar-refractivity contribution >= 4 is 39.1 Å². The molecule has 122 valence electrons. The minimum Gasteiger partial charge on any atom is -0.274 e. The highest BCUT2D eigenvalue weighted by atomic mass is 79.9. The summed E-state index contributed by atoms with van der Waals surface area (Å²) in [5.41, 5.74) is -0.143. The number of rotatable bonds is 2. The topological polar surface area (TPSA) is 80.5 Å². The Morgan fingerprint density at radius 1 is 1.08 bits per heavy atom. The molecule has 0 aromatic heterocycles. The van der Waals surface area contributed by atoms with Gasteiger partial charge in [0.1, 0.15) is 5.69 Å². The molecular formula is C17H13BrN2O4. The number of hydrogen-bond donors (Lipinski definition) is 0. The van der Waals surface area contributed by atoms with Gasteiger partial charge in [0.2, 0.25) is 11.8 Å². The summed E-state index contributed by atoms with van der Waals surface area (Å²) in [4.78, 5) is 37.9. The second-order valence-electron chi connectivity index (χ2n) is 7.06. The Morgan fingerprint density at radius 2 is 1.67 bits per heavy atom. The predicted molar refractivity (Wildman–Crippen MR) is 88.0 cm³/mol. The average Bonchev–Trinajstić information content (AvgIpc) is 3.33. The van der Waals surface area contributed by atoms with Crippen molar-refractivity contribution in [2.24, 2.45) is 35.5 Å². The fourth-order valence-corrected chi connectivity index (χ4v) is 5.38. The molecular weight excluding hydrogens is 376 g/mol. The first kappa shape index (κ1) is 14.3. The average molecular weight is 389 g/mol. The fraction of sp³-hybridized carbons (Fsp3) is 0.412. The molecule has 1 aromatic carbocycles. The first-order chi connectivity index (χ1) is 11.5. The maximum atomic E-state index is 13.0. The summed E-state index contributed by atoms with van der Waals surface area (Å²) in [7, 11) is 0. The van der Waals surface area contributed by atoms with Crippen LogP contribution in [0.25, 0.3) is 0 Å². The zero-order chi connectivity index (χ0) is 16.7. The number of nitro groups is 1. The number of benzene rings is 1. The first-order valence-corrected chi connectivity index (χ1v) is 8.78. The van der Waals surface area contributed by atoms with E-state index < -0.39 is 4.92 Å². The molecule has 1 heterocycles. The Hall–Kier alpha value is -2.02. The number of carbonyl (C=O) groups excluding carboxylic acids is 2. The van der Waals surface area contributed by atoms with Crippen LogP contribution in [-0.4, -0.2) is 16.7 Å². The van der Waals surface area contributed by atoms with E-state index in [4.69, 9.17) is 0 Å². The monoisotopic (exact) mass is 388 g/mol. The number of halogens is 1. The number of carbonyl (C=O) groups is 2. The summed E-state index contributed by atoms with van der Waals surface area (Å²) in [6, 6.07) is 4.43. The minimum absolute atomic E-state index is 0.0840. The van der Waals surface area contributed by atoms with Gasteiger partial charge in [0, 0.05) is 10.5 Å². The Kier molecular flexibility index (Phi) is 2.71. The largest absolute Gasteiger partial charge is 0.294 e. The molecule has 24 heavy (non-hydrogen) atoms. The molecule has 2 amide bonds. The summed E-state index contributed by atoms with van der Waals surface area (Å²) in [5.74, 6) is -0.00290. The van der Waals surface area contributed by atoms with E-state index >= 15 is 0 Å². The van der Waals surface area contributed by atoms with Crippen molar-refractivity contribution in [2.45, 2.75) is 6.42 Å². The third-order valence-corrected chi connectivity index (χ3v) is 6.53. The van der Waals surface area contributed by atoms with Gasteiger partial charge in [-0.05, 0) is 42.2 Å². The van der Waals surface area contributed by atoms with E-state index in [0.717, 1.165) is 11.3 Å². The number of hydrogen-bond acceptors (Lipinski definition) is 4. The van der Waals surface area contributed by atoms with Crippen LogP contribution in [0, 0.1) is 45.6 Å². The summed E-state index contributed by atoms with van der Waals surface area (Å²) in [5, 5.41) is 11.4. The zero-order valence-electron chi connectivity index (χ0n) is 12.5. The standard InChI is InChI=1S/C17H13BrN2O4/c18-7-1-4-12(13(5-7)20(23)24)19-16(21)14-8-2-3-9(11-6-10(8)11)15(14)17(19)22/h1-5,8-11,14-15H,6H2/t8-,9-,10-,11-,14-,15+/m0/s1. The summed E-state index contributed by atoms with van der Waals surface area (Å²) < 4.78 is 0.539. The van der Waals surface area contributed by atoms with E-state index in [1.807, 2.05) is 0 Å². The van der Waals surface area contributed by atoms with E-state index in [1.54, 1.807) is 6.07 Å². The van der Waals surface area contributed by atoms with Crippen LogP contribution in [0.4, 0.5) is 11.4 Å². The molecule has 6 nitrogen and oxygen atoms in total. The highest BCUT2D eigenvalue weighted by Crippen LogP contribution is 2.65.